The summed E-state index contributed by atoms with van der Waals surface area (Å²) in [4.78, 5) is 22.7. The highest BCUT2D eigenvalue weighted by molar-refractivity contribution is 5.76. The normalized spacial score (nSPS) is 10.9. The molecule has 0 aliphatic rings. The van der Waals surface area contributed by atoms with Gasteiger partial charge in [-0.25, -0.2) is 0 Å². The number of hydrogen-bond donors (Lipinski definition) is 1. The number of ether oxygens (including phenoxy) is 5. The summed E-state index contributed by atoms with van der Waals surface area (Å²) in [6.07, 6.45) is 2.20. The van der Waals surface area contributed by atoms with Crippen LogP contribution in [0.5, 0.6) is 0 Å². The summed E-state index contributed by atoms with van der Waals surface area (Å²) in [5.41, 5.74) is 0. The van der Waals surface area contributed by atoms with Crippen molar-refractivity contribution in [1.29, 1.82) is 0 Å². The Balaban J connectivity index is 3.27. The molecule has 0 atom stereocenters. The fourth-order valence-corrected chi connectivity index (χ4v) is 1.58. The zero-order valence-corrected chi connectivity index (χ0v) is 15.7. The third kappa shape index (κ3) is 19.0. The smallest absolute Gasteiger partial charge is 0.308 e. The molecule has 0 fully saturated rings. The number of amides is 1. The third-order valence-electron chi connectivity index (χ3n) is 2.81. The van der Waals surface area contributed by atoms with Gasteiger partial charge in [0.15, 0.2) is 0 Å². The molecule has 1 N–H and O–H groups in total. The van der Waals surface area contributed by atoms with Crippen LogP contribution in [-0.2, 0) is 33.3 Å². The lowest BCUT2D eigenvalue weighted by atomic mass is 10.4. The van der Waals surface area contributed by atoms with Crippen LogP contribution in [0.3, 0.4) is 0 Å². The van der Waals surface area contributed by atoms with Gasteiger partial charge in [0.05, 0.1) is 45.6 Å². The van der Waals surface area contributed by atoms with Crippen molar-refractivity contribution >= 4 is 11.9 Å². The minimum Gasteiger partial charge on any atom is -0.463 e. The number of carbonyl (C=O) groups excluding carboxylic acids is 2. The van der Waals surface area contributed by atoms with Gasteiger partial charge in [-0.05, 0) is 20.3 Å². The Morgan fingerprint density at radius 3 is 2.16 bits per heavy atom. The van der Waals surface area contributed by atoms with Crippen LogP contribution in [0.15, 0.2) is 0 Å². The number of hydrogen-bond acceptors (Lipinski definition) is 7. The minimum absolute atomic E-state index is 0.0305. The van der Waals surface area contributed by atoms with Crippen molar-refractivity contribution in [3.63, 3.8) is 0 Å². The highest BCUT2D eigenvalue weighted by Gasteiger charge is 2.05. The molecule has 8 nitrogen and oxygen atoms in total. The molecule has 0 aromatic carbocycles. The van der Waals surface area contributed by atoms with E-state index in [1.54, 1.807) is 13.8 Å². The molecule has 0 radical (unpaired) electrons. The van der Waals surface area contributed by atoms with E-state index in [2.05, 4.69) is 12.2 Å². The van der Waals surface area contributed by atoms with Gasteiger partial charge in [-0.2, -0.15) is 0 Å². The maximum Gasteiger partial charge on any atom is 0.308 e. The Morgan fingerprint density at radius 2 is 1.52 bits per heavy atom. The molecule has 0 saturated heterocycles. The van der Waals surface area contributed by atoms with Gasteiger partial charge in [-0.3, -0.25) is 9.59 Å². The first kappa shape index (κ1) is 23.8. The van der Waals surface area contributed by atoms with Gasteiger partial charge in [0, 0.05) is 6.61 Å². The largest absolute Gasteiger partial charge is 0.463 e. The Hall–Kier alpha value is -1.22. The maximum atomic E-state index is 11.5. The maximum absolute atomic E-state index is 11.5. The van der Waals surface area contributed by atoms with E-state index in [1.807, 2.05) is 0 Å². The second-order valence-electron chi connectivity index (χ2n) is 5.57. The molecule has 0 bridgehead atoms. The number of unbranched alkanes of at least 4 members (excludes halogenated alkanes) is 1. The second-order valence-corrected chi connectivity index (χ2v) is 5.57. The summed E-state index contributed by atoms with van der Waals surface area (Å²) in [5.74, 6) is -0.604. The molecule has 8 heteroatoms. The fourth-order valence-electron chi connectivity index (χ4n) is 1.58. The zero-order chi connectivity index (χ0) is 18.8. The Morgan fingerprint density at radius 1 is 0.880 bits per heavy atom. The molecular weight excluding hydrogens is 330 g/mol. The standard InChI is InChI=1S/C17H33NO7/c1-4-5-7-21-9-10-22-11-12-23-13-16(19)18-14-24-8-6-17(20)25-15(2)3/h15H,4-14H2,1-3H3,(H,18,19). The molecule has 148 valence electrons. The topological polar surface area (TPSA) is 92.3 Å². The van der Waals surface area contributed by atoms with Crippen LogP contribution in [0.2, 0.25) is 0 Å². The van der Waals surface area contributed by atoms with E-state index in [-0.39, 0.29) is 44.3 Å². The van der Waals surface area contributed by atoms with Crippen LogP contribution in [0.1, 0.15) is 40.0 Å². The first-order valence-corrected chi connectivity index (χ1v) is 8.83. The van der Waals surface area contributed by atoms with Crippen LogP contribution in [-0.4, -0.2) is 71.0 Å². The number of rotatable bonds is 17. The zero-order valence-electron chi connectivity index (χ0n) is 15.7. The van der Waals surface area contributed by atoms with Gasteiger partial charge in [0.1, 0.15) is 13.3 Å². The molecule has 0 saturated carbocycles. The summed E-state index contributed by atoms with van der Waals surface area (Å²) >= 11 is 0. The summed E-state index contributed by atoms with van der Waals surface area (Å²) < 4.78 is 25.9. The van der Waals surface area contributed by atoms with E-state index in [0.29, 0.717) is 26.4 Å². The van der Waals surface area contributed by atoms with Gasteiger partial charge in [-0.15, -0.1) is 0 Å². The molecular formula is C17H33NO7. The van der Waals surface area contributed by atoms with Crippen molar-refractivity contribution in [1.82, 2.24) is 5.32 Å². The van der Waals surface area contributed by atoms with Crippen LogP contribution in [0.25, 0.3) is 0 Å². The van der Waals surface area contributed by atoms with Crippen LogP contribution >= 0.6 is 0 Å². The minimum atomic E-state index is -0.319. The molecule has 1 amide bonds. The summed E-state index contributed by atoms with van der Waals surface area (Å²) in [6.45, 7) is 8.45. The SMILES string of the molecule is CCCCOCCOCCOCC(=O)NCOCCC(=O)OC(C)C. The molecule has 0 aromatic rings. The van der Waals surface area contributed by atoms with E-state index in [0.717, 1.165) is 19.4 Å². The number of esters is 1. The van der Waals surface area contributed by atoms with E-state index in [9.17, 15) is 9.59 Å². The third-order valence-corrected chi connectivity index (χ3v) is 2.81. The Bertz CT molecular complexity index is 337. The average molecular weight is 363 g/mol. The van der Waals surface area contributed by atoms with Gasteiger partial charge in [-0.1, -0.05) is 13.3 Å². The molecule has 25 heavy (non-hydrogen) atoms. The Labute approximate surface area is 150 Å². The molecule has 0 rings (SSSR count). The van der Waals surface area contributed by atoms with Crippen LogP contribution < -0.4 is 5.32 Å². The number of carbonyl (C=O) groups is 2. The monoisotopic (exact) mass is 363 g/mol. The van der Waals surface area contributed by atoms with Crippen LogP contribution in [0.4, 0.5) is 0 Å². The van der Waals surface area contributed by atoms with Gasteiger partial charge in [0.2, 0.25) is 5.91 Å². The van der Waals surface area contributed by atoms with Crippen molar-refractivity contribution in [3.8, 4) is 0 Å². The molecule has 0 heterocycles. The number of nitrogens with one attached hydrogen (secondary N) is 1. The molecule has 0 aromatic heterocycles. The van der Waals surface area contributed by atoms with Gasteiger partial charge >= 0.3 is 5.97 Å². The van der Waals surface area contributed by atoms with Crippen LogP contribution in [0, 0.1) is 0 Å². The molecule has 0 spiro atoms. The first-order valence-electron chi connectivity index (χ1n) is 8.83. The second kappa shape index (κ2) is 17.6. The molecule has 0 aliphatic carbocycles. The highest BCUT2D eigenvalue weighted by atomic mass is 16.6. The summed E-state index contributed by atoms with van der Waals surface area (Å²) in [6, 6.07) is 0. The average Bonchev–Trinajstić information content (AvgIpc) is 2.55. The summed E-state index contributed by atoms with van der Waals surface area (Å²) in [7, 11) is 0. The first-order chi connectivity index (χ1) is 12.1. The lowest BCUT2D eigenvalue weighted by Gasteiger charge is -2.09. The van der Waals surface area contributed by atoms with E-state index in [1.165, 1.54) is 0 Å². The van der Waals surface area contributed by atoms with Crippen molar-refractivity contribution in [3.05, 3.63) is 0 Å². The lowest BCUT2D eigenvalue weighted by Crippen LogP contribution is -2.30. The van der Waals surface area contributed by atoms with Crippen molar-refractivity contribution in [2.75, 3.05) is 53.0 Å². The van der Waals surface area contributed by atoms with E-state index < -0.39 is 0 Å². The van der Waals surface area contributed by atoms with Gasteiger partial charge < -0.3 is 29.0 Å². The fraction of sp³-hybridized carbons (Fsp3) is 0.882. The van der Waals surface area contributed by atoms with E-state index in [4.69, 9.17) is 23.7 Å². The van der Waals surface area contributed by atoms with Crippen molar-refractivity contribution < 1.29 is 33.3 Å². The quantitative estimate of drug-likeness (QED) is 0.236. The molecule has 0 aliphatic heterocycles. The Kier molecular flexibility index (Phi) is 16.7. The predicted molar refractivity (Wildman–Crippen MR) is 92.2 cm³/mol. The van der Waals surface area contributed by atoms with Crippen molar-refractivity contribution in [2.24, 2.45) is 0 Å². The van der Waals surface area contributed by atoms with Crippen molar-refractivity contribution in [2.45, 2.75) is 46.1 Å². The van der Waals surface area contributed by atoms with E-state index >= 15 is 0 Å². The van der Waals surface area contributed by atoms with Gasteiger partial charge in [0.25, 0.3) is 0 Å². The summed E-state index contributed by atoms with van der Waals surface area (Å²) in [5, 5.41) is 2.53. The highest BCUT2D eigenvalue weighted by Crippen LogP contribution is 1.93. The predicted octanol–water partition coefficient (Wildman–Crippen LogP) is 1.27. The molecule has 0 unspecified atom stereocenters. The lowest BCUT2D eigenvalue weighted by molar-refractivity contribution is -0.148.